The van der Waals surface area contributed by atoms with Crippen LogP contribution in [0.3, 0.4) is 0 Å². The Balaban J connectivity index is 2.15. The van der Waals surface area contributed by atoms with Crippen LogP contribution in [0, 0.1) is 0 Å². The summed E-state index contributed by atoms with van der Waals surface area (Å²) in [4.78, 5) is 24.7. The number of Topliss-reactive ketones (excluding diaryl/α,β-unsaturated/α-hetero) is 1. The van der Waals surface area contributed by atoms with Gasteiger partial charge in [0.1, 0.15) is 0 Å². The lowest BCUT2D eigenvalue weighted by atomic mass is 10.0. The molecule has 0 radical (unpaired) electrons. The van der Waals surface area contributed by atoms with Crippen molar-refractivity contribution in [1.82, 2.24) is 5.32 Å². The second-order valence-electron chi connectivity index (χ2n) is 6.76. The van der Waals surface area contributed by atoms with Crippen LogP contribution in [0.5, 0.6) is 23.0 Å². The van der Waals surface area contributed by atoms with Gasteiger partial charge in [-0.1, -0.05) is 18.5 Å². The van der Waals surface area contributed by atoms with E-state index in [-0.39, 0.29) is 11.7 Å². The Labute approximate surface area is 187 Å². The lowest BCUT2D eigenvalue weighted by Gasteiger charge is -2.15. The number of carbonyl (C=O) groups excluding carboxylic acids is 2. The van der Waals surface area contributed by atoms with Gasteiger partial charge in [0.2, 0.25) is 0 Å². The predicted molar refractivity (Wildman–Crippen MR) is 119 cm³/mol. The van der Waals surface area contributed by atoms with E-state index in [1.807, 2.05) is 6.92 Å². The third-order valence-electron chi connectivity index (χ3n) is 4.61. The van der Waals surface area contributed by atoms with Gasteiger partial charge in [0.25, 0.3) is 5.91 Å². The Morgan fingerprint density at radius 2 is 1.61 bits per heavy atom. The molecule has 168 valence electrons. The van der Waals surface area contributed by atoms with Crippen LogP contribution in [0.4, 0.5) is 0 Å². The van der Waals surface area contributed by atoms with Crippen molar-refractivity contribution in [2.24, 2.45) is 0 Å². The largest absolute Gasteiger partial charge is 0.493 e. The molecule has 0 aliphatic heterocycles. The molecule has 7 nitrogen and oxygen atoms in total. The summed E-state index contributed by atoms with van der Waals surface area (Å²) in [7, 11) is 4.54. The van der Waals surface area contributed by atoms with Crippen molar-refractivity contribution in [2.75, 3.05) is 34.5 Å². The maximum Gasteiger partial charge on any atom is 0.251 e. The van der Waals surface area contributed by atoms with E-state index in [9.17, 15) is 9.59 Å². The Hall–Kier alpha value is -2.93. The molecule has 2 aromatic carbocycles. The molecule has 31 heavy (non-hydrogen) atoms. The summed E-state index contributed by atoms with van der Waals surface area (Å²) >= 11 is 6.29. The van der Waals surface area contributed by atoms with Gasteiger partial charge in [0.15, 0.2) is 28.8 Å². The normalized spacial score (nSPS) is 10.4. The van der Waals surface area contributed by atoms with Crippen molar-refractivity contribution in [2.45, 2.75) is 26.7 Å². The molecule has 0 saturated heterocycles. The highest BCUT2D eigenvalue weighted by Crippen LogP contribution is 2.36. The number of carbonyl (C=O) groups is 2. The molecular formula is C23H28ClNO6. The molecule has 0 aliphatic carbocycles. The van der Waals surface area contributed by atoms with E-state index in [2.05, 4.69) is 5.32 Å². The molecule has 0 atom stereocenters. The maximum atomic E-state index is 12.6. The van der Waals surface area contributed by atoms with E-state index < -0.39 is 0 Å². The van der Waals surface area contributed by atoms with Gasteiger partial charge in [-0.05, 0) is 49.6 Å². The van der Waals surface area contributed by atoms with Crippen LogP contribution in [-0.2, 0) is 6.42 Å². The number of hydrogen-bond donors (Lipinski definition) is 1. The van der Waals surface area contributed by atoms with Gasteiger partial charge in [0.05, 0.1) is 33.0 Å². The van der Waals surface area contributed by atoms with Crippen LogP contribution < -0.4 is 24.3 Å². The zero-order valence-corrected chi connectivity index (χ0v) is 19.2. The molecule has 0 heterocycles. The van der Waals surface area contributed by atoms with Crippen LogP contribution in [-0.4, -0.2) is 46.2 Å². The highest BCUT2D eigenvalue weighted by molar-refractivity contribution is 6.32. The smallest absolute Gasteiger partial charge is 0.251 e. The van der Waals surface area contributed by atoms with Crippen LogP contribution in [0.2, 0.25) is 5.02 Å². The number of amides is 1. The van der Waals surface area contributed by atoms with Crippen LogP contribution >= 0.6 is 11.6 Å². The minimum atomic E-state index is -0.313. The van der Waals surface area contributed by atoms with Crippen molar-refractivity contribution in [3.8, 4) is 23.0 Å². The predicted octanol–water partition coefficient (Wildman–Crippen LogP) is 4.33. The summed E-state index contributed by atoms with van der Waals surface area (Å²) in [5, 5.41) is 3.15. The zero-order valence-electron chi connectivity index (χ0n) is 18.5. The minimum absolute atomic E-state index is 0.0959. The van der Waals surface area contributed by atoms with E-state index >= 15 is 0 Å². The number of ether oxygens (including phenoxy) is 4. The molecule has 1 N–H and O–H groups in total. The van der Waals surface area contributed by atoms with Crippen molar-refractivity contribution >= 4 is 23.3 Å². The fourth-order valence-electron chi connectivity index (χ4n) is 3.06. The van der Waals surface area contributed by atoms with Crippen LogP contribution in [0.25, 0.3) is 0 Å². The molecule has 0 saturated carbocycles. The number of halogens is 1. The molecule has 0 aromatic heterocycles. The zero-order chi connectivity index (χ0) is 23.0. The first-order chi connectivity index (χ1) is 14.9. The van der Waals surface area contributed by atoms with Gasteiger partial charge >= 0.3 is 0 Å². The van der Waals surface area contributed by atoms with Gasteiger partial charge < -0.3 is 24.3 Å². The number of methoxy groups -OCH3 is 3. The van der Waals surface area contributed by atoms with Gasteiger partial charge in [-0.25, -0.2) is 0 Å². The summed E-state index contributed by atoms with van der Waals surface area (Å²) < 4.78 is 21.5. The average molecular weight is 450 g/mol. The van der Waals surface area contributed by atoms with Gasteiger partial charge in [-0.3, -0.25) is 9.59 Å². The number of ketones is 1. The van der Waals surface area contributed by atoms with E-state index in [0.717, 1.165) is 12.0 Å². The molecule has 8 heteroatoms. The van der Waals surface area contributed by atoms with Crippen LogP contribution in [0.1, 0.15) is 46.5 Å². The maximum absolute atomic E-state index is 12.6. The molecule has 0 spiro atoms. The summed E-state index contributed by atoms with van der Waals surface area (Å²) in [6.45, 7) is 4.27. The summed E-state index contributed by atoms with van der Waals surface area (Å²) in [5.74, 6) is 1.40. The number of nitrogens with one attached hydrogen (secondary N) is 1. The SMILES string of the molecule is CCCOc1c(Cl)cc(C(=O)NCCc2cc(OC)c(OC)cc2C(C)=O)cc1OC. The third-order valence-corrected chi connectivity index (χ3v) is 4.89. The molecular weight excluding hydrogens is 422 g/mol. The van der Waals surface area contributed by atoms with Crippen LogP contribution in [0.15, 0.2) is 24.3 Å². The van der Waals surface area contributed by atoms with E-state index in [0.29, 0.717) is 58.7 Å². The lowest BCUT2D eigenvalue weighted by Crippen LogP contribution is -2.26. The lowest BCUT2D eigenvalue weighted by molar-refractivity contribution is 0.0953. The molecule has 0 aliphatic rings. The standard InChI is InChI=1S/C23H28ClNO6/c1-6-9-31-22-18(24)10-16(12-21(22)30-5)23(27)25-8-7-15-11-19(28-3)20(29-4)13-17(15)14(2)26/h10-13H,6-9H2,1-5H3,(H,25,27). The quantitative estimate of drug-likeness (QED) is 0.514. The second kappa shape index (κ2) is 11.5. The van der Waals surface area contributed by atoms with Crippen molar-refractivity contribution in [3.63, 3.8) is 0 Å². The second-order valence-corrected chi connectivity index (χ2v) is 7.17. The Morgan fingerprint density at radius 3 is 2.19 bits per heavy atom. The minimum Gasteiger partial charge on any atom is -0.493 e. The Kier molecular flexibility index (Phi) is 9.00. The summed E-state index contributed by atoms with van der Waals surface area (Å²) in [5.41, 5.74) is 1.63. The highest BCUT2D eigenvalue weighted by atomic mass is 35.5. The van der Waals surface area contributed by atoms with Crippen molar-refractivity contribution < 1.29 is 28.5 Å². The first-order valence-corrected chi connectivity index (χ1v) is 10.3. The monoisotopic (exact) mass is 449 g/mol. The van der Waals surface area contributed by atoms with E-state index in [1.54, 1.807) is 24.3 Å². The first-order valence-electron chi connectivity index (χ1n) is 9.90. The molecule has 0 fully saturated rings. The fourth-order valence-corrected chi connectivity index (χ4v) is 3.33. The third kappa shape index (κ3) is 6.04. The molecule has 2 aromatic rings. The van der Waals surface area contributed by atoms with E-state index in [4.69, 9.17) is 30.5 Å². The topological polar surface area (TPSA) is 83.1 Å². The number of rotatable bonds is 11. The van der Waals surface area contributed by atoms with Gasteiger partial charge in [-0.15, -0.1) is 0 Å². The molecule has 2 rings (SSSR count). The fraction of sp³-hybridized carbons (Fsp3) is 0.391. The number of benzene rings is 2. The first kappa shape index (κ1) is 24.3. The number of hydrogen-bond acceptors (Lipinski definition) is 6. The van der Waals surface area contributed by atoms with Crippen molar-refractivity contribution in [1.29, 1.82) is 0 Å². The molecule has 0 unspecified atom stereocenters. The molecule has 1 amide bonds. The highest BCUT2D eigenvalue weighted by Gasteiger charge is 2.17. The van der Waals surface area contributed by atoms with Crippen molar-refractivity contribution in [3.05, 3.63) is 46.0 Å². The Bertz CT molecular complexity index is 944. The van der Waals surface area contributed by atoms with Gasteiger partial charge in [0, 0.05) is 17.7 Å². The molecule has 0 bridgehead atoms. The summed E-state index contributed by atoms with van der Waals surface area (Å²) in [6, 6.07) is 6.53. The Morgan fingerprint density at radius 1 is 0.968 bits per heavy atom. The average Bonchev–Trinajstić information content (AvgIpc) is 2.76. The van der Waals surface area contributed by atoms with E-state index in [1.165, 1.54) is 28.3 Å². The van der Waals surface area contributed by atoms with Gasteiger partial charge in [-0.2, -0.15) is 0 Å². The summed E-state index contributed by atoms with van der Waals surface area (Å²) in [6.07, 6.45) is 1.25.